The standard InChI is InChI=1S/C15H23N3OS.HI/c1-13-3-5-14(6-4-13)19-10-2-7-17-15(16)18-8-11-20-12-9-18;/h3-6H,2,7-12H2,1H3,(H2,16,17);1H. The average Bonchev–Trinajstić information content (AvgIpc) is 2.49. The maximum atomic E-state index is 5.98. The summed E-state index contributed by atoms with van der Waals surface area (Å²) in [4.78, 5) is 6.59. The third kappa shape index (κ3) is 6.78. The van der Waals surface area contributed by atoms with Crippen LogP contribution in [0.25, 0.3) is 0 Å². The van der Waals surface area contributed by atoms with Gasteiger partial charge in [0.2, 0.25) is 0 Å². The molecular weight excluding hydrogens is 397 g/mol. The van der Waals surface area contributed by atoms with Crippen molar-refractivity contribution in [3.05, 3.63) is 29.8 Å². The molecule has 0 amide bonds. The number of hydrogen-bond acceptors (Lipinski definition) is 3. The number of benzene rings is 1. The second-order valence-corrected chi connectivity index (χ2v) is 6.08. The second kappa shape index (κ2) is 10.2. The van der Waals surface area contributed by atoms with Gasteiger partial charge in [-0.05, 0) is 19.1 Å². The highest BCUT2D eigenvalue weighted by Gasteiger charge is 2.11. The van der Waals surface area contributed by atoms with Crippen LogP contribution in [0.4, 0.5) is 0 Å². The molecular formula is C15H24IN3OS. The highest BCUT2D eigenvalue weighted by molar-refractivity contribution is 14.0. The Morgan fingerprint density at radius 3 is 2.62 bits per heavy atom. The van der Waals surface area contributed by atoms with E-state index in [1.807, 2.05) is 23.9 Å². The molecule has 2 rings (SSSR count). The summed E-state index contributed by atoms with van der Waals surface area (Å²) in [5.41, 5.74) is 7.23. The van der Waals surface area contributed by atoms with Crippen LogP contribution < -0.4 is 10.5 Å². The number of thioether (sulfide) groups is 1. The fourth-order valence-corrected chi connectivity index (χ4v) is 2.88. The van der Waals surface area contributed by atoms with Gasteiger partial charge in [0.05, 0.1) is 6.61 Å². The van der Waals surface area contributed by atoms with Gasteiger partial charge in [-0.2, -0.15) is 11.8 Å². The summed E-state index contributed by atoms with van der Waals surface area (Å²) in [6, 6.07) is 8.11. The Kier molecular flexibility index (Phi) is 8.91. The fourth-order valence-electron chi connectivity index (χ4n) is 1.98. The van der Waals surface area contributed by atoms with E-state index < -0.39 is 0 Å². The molecule has 0 bridgehead atoms. The Morgan fingerprint density at radius 2 is 1.95 bits per heavy atom. The van der Waals surface area contributed by atoms with Gasteiger partial charge in [-0.15, -0.1) is 24.0 Å². The zero-order chi connectivity index (χ0) is 14.2. The van der Waals surface area contributed by atoms with E-state index in [0.717, 1.165) is 43.3 Å². The number of hydrogen-bond donors (Lipinski definition) is 1. The minimum Gasteiger partial charge on any atom is -0.494 e. The van der Waals surface area contributed by atoms with Crippen molar-refractivity contribution in [1.82, 2.24) is 4.90 Å². The van der Waals surface area contributed by atoms with E-state index in [2.05, 4.69) is 28.9 Å². The van der Waals surface area contributed by atoms with Crippen molar-refractivity contribution in [3.63, 3.8) is 0 Å². The summed E-state index contributed by atoms with van der Waals surface area (Å²) in [6.45, 7) is 5.50. The van der Waals surface area contributed by atoms with E-state index in [1.54, 1.807) is 0 Å². The van der Waals surface area contributed by atoms with Crippen LogP contribution in [0.15, 0.2) is 29.3 Å². The highest BCUT2D eigenvalue weighted by atomic mass is 127. The molecule has 0 unspecified atom stereocenters. The van der Waals surface area contributed by atoms with Crippen molar-refractivity contribution in [2.45, 2.75) is 13.3 Å². The van der Waals surface area contributed by atoms with Crippen molar-refractivity contribution in [3.8, 4) is 5.75 Å². The third-order valence-electron chi connectivity index (χ3n) is 3.20. The Balaban J connectivity index is 0.00000220. The van der Waals surface area contributed by atoms with E-state index in [1.165, 1.54) is 5.56 Å². The molecule has 1 heterocycles. The molecule has 0 spiro atoms. The van der Waals surface area contributed by atoms with Gasteiger partial charge in [-0.3, -0.25) is 4.99 Å². The number of guanidine groups is 1. The summed E-state index contributed by atoms with van der Waals surface area (Å²) in [5.74, 6) is 3.89. The van der Waals surface area contributed by atoms with Crippen LogP contribution in [-0.2, 0) is 0 Å². The van der Waals surface area contributed by atoms with Crippen LogP contribution in [0, 0.1) is 6.92 Å². The minimum absolute atomic E-state index is 0. The SMILES string of the molecule is Cc1ccc(OCCCN=C(N)N2CCSCC2)cc1.I. The Morgan fingerprint density at radius 1 is 1.29 bits per heavy atom. The van der Waals surface area contributed by atoms with Crippen molar-refractivity contribution in [2.75, 3.05) is 37.7 Å². The molecule has 6 heteroatoms. The lowest BCUT2D eigenvalue weighted by Gasteiger charge is -2.27. The maximum Gasteiger partial charge on any atom is 0.191 e. The number of ether oxygens (including phenoxy) is 1. The zero-order valence-corrected chi connectivity index (χ0v) is 15.6. The molecule has 0 aromatic heterocycles. The first-order valence-corrected chi connectivity index (χ1v) is 8.23. The molecule has 2 N–H and O–H groups in total. The minimum atomic E-state index is 0. The molecule has 1 aliphatic heterocycles. The summed E-state index contributed by atoms with van der Waals surface area (Å²) < 4.78 is 5.66. The molecule has 0 radical (unpaired) electrons. The highest BCUT2D eigenvalue weighted by Crippen LogP contribution is 2.11. The summed E-state index contributed by atoms with van der Waals surface area (Å²) >= 11 is 1.97. The van der Waals surface area contributed by atoms with Crippen LogP contribution in [0.1, 0.15) is 12.0 Å². The van der Waals surface area contributed by atoms with Crippen LogP contribution in [0.2, 0.25) is 0 Å². The third-order valence-corrected chi connectivity index (χ3v) is 4.14. The van der Waals surface area contributed by atoms with Gasteiger partial charge >= 0.3 is 0 Å². The first-order chi connectivity index (χ1) is 9.75. The van der Waals surface area contributed by atoms with E-state index >= 15 is 0 Å². The molecule has 1 aliphatic rings. The van der Waals surface area contributed by atoms with Crippen LogP contribution >= 0.6 is 35.7 Å². The van der Waals surface area contributed by atoms with Crippen molar-refractivity contribution in [1.29, 1.82) is 0 Å². The number of halogens is 1. The zero-order valence-electron chi connectivity index (χ0n) is 12.5. The van der Waals surface area contributed by atoms with Gasteiger partial charge in [-0.1, -0.05) is 17.7 Å². The number of aliphatic imine (C=N–C) groups is 1. The number of rotatable bonds is 5. The number of nitrogens with zero attached hydrogens (tertiary/aromatic N) is 2. The Hall–Kier alpha value is -0.630. The molecule has 1 fully saturated rings. The lowest BCUT2D eigenvalue weighted by Crippen LogP contribution is -2.42. The monoisotopic (exact) mass is 421 g/mol. The topological polar surface area (TPSA) is 50.9 Å². The number of nitrogens with two attached hydrogens (primary N) is 1. The van der Waals surface area contributed by atoms with Crippen LogP contribution in [-0.4, -0.2) is 48.6 Å². The normalized spacial score (nSPS) is 15.5. The first kappa shape index (κ1) is 18.4. The van der Waals surface area contributed by atoms with Gasteiger partial charge < -0.3 is 15.4 Å². The molecule has 4 nitrogen and oxygen atoms in total. The van der Waals surface area contributed by atoms with Crippen molar-refractivity contribution >= 4 is 41.7 Å². The van der Waals surface area contributed by atoms with Gasteiger partial charge in [0.25, 0.3) is 0 Å². The van der Waals surface area contributed by atoms with Crippen LogP contribution in [0.5, 0.6) is 5.75 Å². The molecule has 1 saturated heterocycles. The maximum absolute atomic E-state index is 5.98. The molecule has 1 aromatic carbocycles. The van der Waals surface area contributed by atoms with Gasteiger partial charge in [-0.25, -0.2) is 0 Å². The van der Waals surface area contributed by atoms with E-state index in [4.69, 9.17) is 10.5 Å². The molecule has 118 valence electrons. The van der Waals surface area contributed by atoms with E-state index in [-0.39, 0.29) is 24.0 Å². The predicted octanol–water partition coefficient (Wildman–Crippen LogP) is 2.75. The fraction of sp³-hybridized carbons (Fsp3) is 0.533. The predicted molar refractivity (Wildman–Crippen MR) is 102 cm³/mol. The summed E-state index contributed by atoms with van der Waals surface area (Å²) in [7, 11) is 0. The van der Waals surface area contributed by atoms with Gasteiger partial charge in [0.15, 0.2) is 5.96 Å². The lowest BCUT2D eigenvalue weighted by molar-refractivity contribution is 0.313. The summed E-state index contributed by atoms with van der Waals surface area (Å²) in [6.07, 6.45) is 0.886. The van der Waals surface area contributed by atoms with Crippen molar-refractivity contribution < 1.29 is 4.74 Å². The molecule has 21 heavy (non-hydrogen) atoms. The van der Waals surface area contributed by atoms with Crippen molar-refractivity contribution in [2.24, 2.45) is 10.7 Å². The van der Waals surface area contributed by atoms with Gasteiger partial charge in [0.1, 0.15) is 5.75 Å². The first-order valence-electron chi connectivity index (χ1n) is 7.08. The Labute approximate surface area is 148 Å². The Bertz CT molecular complexity index is 433. The van der Waals surface area contributed by atoms with E-state index in [9.17, 15) is 0 Å². The lowest BCUT2D eigenvalue weighted by atomic mass is 10.2. The molecule has 0 aliphatic carbocycles. The van der Waals surface area contributed by atoms with Crippen LogP contribution in [0.3, 0.4) is 0 Å². The summed E-state index contributed by atoms with van der Waals surface area (Å²) in [5, 5.41) is 0. The molecule has 0 atom stereocenters. The quantitative estimate of drug-likeness (QED) is 0.344. The second-order valence-electron chi connectivity index (χ2n) is 4.85. The van der Waals surface area contributed by atoms with E-state index in [0.29, 0.717) is 12.6 Å². The largest absolute Gasteiger partial charge is 0.494 e. The molecule has 1 aromatic rings. The number of aryl methyl sites for hydroxylation is 1. The smallest absolute Gasteiger partial charge is 0.191 e. The van der Waals surface area contributed by atoms with Gasteiger partial charge in [0, 0.05) is 37.6 Å². The average molecular weight is 421 g/mol. The molecule has 0 saturated carbocycles.